The average molecular weight is 241 g/mol. The van der Waals surface area contributed by atoms with Gasteiger partial charge in [-0.25, -0.2) is 0 Å². The second kappa shape index (κ2) is 7.25. The molecule has 16 heavy (non-hydrogen) atoms. The van der Waals surface area contributed by atoms with Gasteiger partial charge in [0.2, 0.25) is 0 Å². The van der Waals surface area contributed by atoms with Gasteiger partial charge in [0.05, 0.1) is 0 Å². The Kier molecular flexibility index (Phi) is 5.90. The van der Waals surface area contributed by atoms with Gasteiger partial charge in [0.25, 0.3) is 5.91 Å². The molecule has 0 heterocycles. The van der Waals surface area contributed by atoms with E-state index in [2.05, 4.69) is 5.32 Å². The Hall–Kier alpha value is -1.06. The minimum absolute atomic E-state index is 0.00799. The van der Waals surface area contributed by atoms with Crippen LogP contribution in [0.3, 0.4) is 0 Å². The minimum atomic E-state index is -0.0422. The molecule has 0 aliphatic rings. The SMILES string of the molecule is NCC(Cl)CCCNC(=O)c1ccccc1. The third-order valence-electron chi connectivity index (χ3n) is 2.27. The second-order valence-corrected chi connectivity index (χ2v) is 4.21. The number of carbonyl (C=O) groups is 1. The zero-order chi connectivity index (χ0) is 11.8. The number of halogens is 1. The molecular formula is C12H17ClN2O. The molecule has 0 saturated heterocycles. The number of amides is 1. The van der Waals surface area contributed by atoms with Crippen LogP contribution in [0.5, 0.6) is 0 Å². The monoisotopic (exact) mass is 240 g/mol. The minimum Gasteiger partial charge on any atom is -0.352 e. The van der Waals surface area contributed by atoms with Gasteiger partial charge >= 0.3 is 0 Å². The molecular weight excluding hydrogens is 224 g/mol. The number of hydrogen-bond donors (Lipinski definition) is 2. The molecule has 0 radical (unpaired) electrons. The quantitative estimate of drug-likeness (QED) is 0.588. The maximum atomic E-state index is 11.6. The van der Waals surface area contributed by atoms with Gasteiger partial charge in [-0.05, 0) is 25.0 Å². The van der Waals surface area contributed by atoms with Crippen molar-refractivity contribution in [2.75, 3.05) is 13.1 Å². The number of alkyl halides is 1. The first-order chi connectivity index (χ1) is 7.74. The lowest BCUT2D eigenvalue weighted by Gasteiger charge is -2.07. The molecule has 1 amide bonds. The van der Waals surface area contributed by atoms with E-state index in [1.807, 2.05) is 18.2 Å². The summed E-state index contributed by atoms with van der Waals surface area (Å²) < 4.78 is 0. The van der Waals surface area contributed by atoms with E-state index in [-0.39, 0.29) is 11.3 Å². The highest BCUT2D eigenvalue weighted by Crippen LogP contribution is 2.03. The van der Waals surface area contributed by atoms with Crippen molar-refractivity contribution in [1.29, 1.82) is 0 Å². The molecule has 4 heteroatoms. The normalized spacial score (nSPS) is 12.1. The fourth-order valence-electron chi connectivity index (χ4n) is 1.33. The van der Waals surface area contributed by atoms with Crippen LogP contribution in [0.25, 0.3) is 0 Å². The van der Waals surface area contributed by atoms with E-state index in [1.54, 1.807) is 12.1 Å². The van der Waals surface area contributed by atoms with E-state index < -0.39 is 0 Å². The standard InChI is InChI=1S/C12H17ClN2O/c13-11(9-14)7-4-8-15-12(16)10-5-2-1-3-6-10/h1-3,5-6,11H,4,7-9,14H2,(H,15,16). The van der Waals surface area contributed by atoms with Crippen LogP contribution in [0.15, 0.2) is 30.3 Å². The fraction of sp³-hybridized carbons (Fsp3) is 0.417. The molecule has 1 aromatic rings. The highest BCUT2D eigenvalue weighted by molar-refractivity contribution is 6.20. The molecule has 3 N–H and O–H groups in total. The molecule has 1 atom stereocenters. The number of nitrogens with two attached hydrogens (primary N) is 1. The van der Waals surface area contributed by atoms with Gasteiger partial charge in [0, 0.05) is 24.0 Å². The summed E-state index contributed by atoms with van der Waals surface area (Å²) in [5, 5.41) is 2.85. The molecule has 1 rings (SSSR count). The third-order valence-corrected chi connectivity index (χ3v) is 2.67. The van der Waals surface area contributed by atoms with Crippen molar-refractivity contribution in [2.24, 2.45) is 5.73 Å². The van der Waals surface area contributed by atoms with Gasteiger partial charge < -0.3 is 11.1 Å². The van der Waals surface area contributed by atoms with Crippen molar-refractivity contribution in [3.63, 3.8) is 0 Å². The van der Waals surface area contributed by atoms with Crippen LogP contribution in [-0.2, 0) is 0 Å². The smallest absolute Gasteiger partial charge is 0.251 e. The zero-order valence-electron chi connectivity index (χ0n) is 9.16. The van der Waals surface area contributed by atoms with E-state index in [0.29, 0.717) is 18.7 Å². The summed E-state index contributed by atoms with van der Waals surface area (Å²) in [6, 6.07) is 9.16. The summed E-state index contributed by atoms with van der Waals surface area (Å²) in [5.41, 5.74) is 6.07. The van der Waals surface area contributed by atoms with E-state index in [9.17, 15) is 4.79 Å². The third kappa shape index (κ3) is 4.64. The van der Waals surface area contributed by atoms with Crippen LogP contribution in [0.1, 0.15) is 23.2 Å². The Balaban J connectivity index is 2.21. The lowest BCUT2D eigenvalue weighted by molar-refractivity contribution is 0.0953. The maximum absolute atomic E-state index is 11.6. The van der Waals surface area contributed by atoms with Crippen molar-refractivity contribution >= 4 is 17.5 Å². The zero-order valence-corrected chi connectivity index (χ0v) is 9.91. The Labute approximate surface area is 101 Å². The number of benzene rings is 1. The van der Waals surface area contributed by atoms with Crippen LogP contribution in [-0.4, -0.2) is 24.4 Å². The van der Waals surface area contributed by atoms with Crippen molar-refractivity contribution in [3.05, 3.63) is 35.9 Å². The summed E-state index contributed by atoms with van der Waals surface area (Å²) in [6.45, 7) is 1.12. The number of hydrogen-bond acceptors (Lipinski definition) is 2. The van der Waals surface area contributed by atoms with Crippen LogP contribution in [0.2, 0.25) is 0 Å². The van der Waals surface area contributed by atoms with E-state index >= 15 is 0 Å². The Morgan fingerprint density at radius 3 is 2.69 bits per heavy atom. The molecule has 0 spiro atoms. The molecule has 3 nitrogen and oxygen atoms in total. The maximum Gasteiger partial charge on any atom is 0.251 e. The molecule has 0 saturated carbocycles. The first kappa shape index (κ1) is 13.0. The van der Waals surface area contributed by atoms with Gasteiger partial charge in [0.1, 0.15) is 0 Å². The molecule has 0 aromatic heterocycles. The molecule has 88 valence electrons. The van der Waals surface area contributed by atoms with Crippen molar-refractivity contribution in [2.45, 2.75) is 18.2 Å². The van der Waals surface area contributed by atoms with Gasteiger partial charge in [-0.1, -0.05) is 18.2 Å². The molecule has 0 bridgehead atoms. The van der Waals surface area contributed by atoms with Gasteiger partial charge in [-0.15, -0.1) is 11.6 Å². The molecule has 1 unspecified atom stereocenters. The van der Waals surface area contributed by atoms with Crippen molar-refractivity contribution in [3.8, 4) is 0 Å². The van der Waals surface area contributed by atoms with Gasteiger partial charge in [0.15, 0.2) is 0 Å². The Morgan fingerprint density at radius 1 is 1.38 bits per heavy atom. The first-order valence-corrected chi connectivity index (χ1v) is 5.85. The van der Waals surface area contributed by atoms with Crippen LogP contribution < -0.4 is 11.1 Å². The lowest BCUT2D eigenvalue weighted by atomic mass is 10.2. The Bertz CT molecular complexity index is 316. The van der Waals surface area contributed by atoms with Crippen LogP contribution >= 0.6 is 11.6 Å². The number of carbonyl (C=O) groups excluding carboxylic acids is 1. The number of rotatable bonds is 6. The lowest BCUT2D eigenvalue weighted by Crippen LogP contribution is -2.25. The van der Waals surface area contributed by atoms with Crippen molar-refractivity contribution in [1.82, 2.24) is 5.32 Å². The van der Waals surface area contributed by atoms with Crippen LogP contribution in [0, 0.1) is 0 Å². The topological polar surface area (TPSA) is 55.1 Å². The summed E-state index contributed by atoms with van der Waals surface area (Å²) in [6.07, 6.45) is 1.68. The summed E-state index contributed by atoms with van der Waals surface area (Å²) in [7, 11) is 0. The summed E-state index contributed by atoms with van der Waals surface area (Å²) in [5.74, 6) is -0.0422. The molecule has 1 aromatic carbocycles. The summed E-state index contributed by atoms with van der Waals surface area (Å²) in [4.78, 5) is 11.6. The molecule has 0 aliphatic heterocycles. The highest BCUT2D eigenvalue weighted by atomic mass is 35.5. The summed E-state index contributed by atoms with van der Waals surface area (Å²) >= 11 is 5.86. The predicted molar refractivity (Wildman–Crippen MR) is 66.7 cm³/mol. The van der Waals surface area contributed by atoms with E-state index in [1.165, 1.54) is 0 Å². The molecule has 0 fully saturated rings. The Morgan fingerprint density at radius 2 is 2.06 bits per heavy atom. The molecule has 0 aliphatic carbocycles. The van der Waals surface area contributed by atoms with E-state index in [4.69, 9.17) is 17.3 Å². The highest BCUT2D eigenvalue weighted by Gasteiger charge is 2.04. The average Bonchev–Trinajstić information content (AvgIpc) is 2.35. The van der Waals surface area contributed by atoms with E-state index in [0.717, 1.165) is 12.8 Å². The van der Waals surface area contributed by atoms with Crippen LogP contribution in [0.4, 0.5) is 0 Å². The second-order valence-electron chi connectivity index (χ2n) is 3.60. The number of nitrogens with one attached hydrogen (secondary N) is 1. The first-order valence-electron chi connectivity index (χ1n) is 5.41. The van der Waals surface area contributed by atoms with Gasteiger partial charge in [-0.3, -0.25) is 4.79 Å². The van der Waals surface area contributed by atoms with Gasteiger partial charge in [-0.2, -0.15) is 0 Å². The fourth-order valence-corrected chi connectivity index (χ4v) is 1.49. The predicted octanol–water partition coefficient (Wildman–Crippen LogP) is 1.76. The largest absolute Gasteiger partial charge is 0.352 e. The van der Waals surface area contributed by atoms with Crippen molar-refractivity contribution < 1.29 is 4.79 Å².